The Kier molecular flexibility index (Phi) is 7.68. The van der Waals surface area contributed by atoms with Gasteiger partial charge in [0.15, 0.2) is 18.1 Å². The summed E-state index contributed by atoms with van der Waals surface area (Å²) in [5.74, 6) is -2.59. The first kappa shape index (κ1) is 33.2. The molecule has 3 aromatic rings. The third kappa shape index (κ3) is 5.25. The number of rotatable bonds is 9. The molecular formula is C40H42N4O7+2. The van der Waals surface area contributed by atoms with Gasteiger partial charge in [0.25, 0.3) is 5.91 Å². The molecule has 0 unspecified atom stereocenters. The molecule has 5 heterocycles. The van der Waals surface area contributed by atoms with Gasteiger partial charge < -0.3 is 29.4 Å². The minimum Gasteiger partial charge on any atom is -0.477 e. The molecule has 0 aromatic heterocycles. The molecular weight excluding hydrogens is 648 g/mol. The van der Waals surface area contributed by atoms with Gasteiger partial charge in [-0.2, -0.15) is 0 Å². The van der Waals surface area contributed by atoms with Crippen molar-refractivity contribution in [2.75, 3.05) is 51.1 Å². The summed E-state index contributed by atoms with van der Waals surface area (Å²) < 4.78 is 1.69. The normalized spacial score (nSPS) is 27.8. The van der Waals surface area contributed by atoms with Crippen LogP contribution in [0.15, 0.2) is 66.4 Å². The zero-order valence-electron chi connectivity index (χ0n) is 29.0. The van der Waals surface area contributed by atoms with Crippen molar-refractivity contribution in [2.45, 2.75) is 39.5 Å². The van der Waals surface area contributed by atoms with E-state index < -0.39 is 24.0 Å². The van der Waals surface area contributed by atoms with Crippen LogP contribution < -0.4 is 5.32 Å². The molecule has 2 amide bonds. The smallest absolute Gasteiger partial charge is 0.352 e. The number of piperazine rings is 3. The van der Waals surface area contributed by atoms with E-state index in [1.165, 1.54) is 11.8 Å². The molecule has 6 aliphatic rings. The van der Waals surface area contributed by atoms with Gasteiger partial charge in [0, 0.05) is 33.9 Å². The first-order chi connectivity index (χ1) is 24.3. The summed E-state index contributed by atoms with van der Waals surface area (Å²) in [6.45, 7) is 11.8. The van der Waals surface area contributed by atoms with Crippen molar-refractivity contribution in [3.05, 3.63) is 94.2 Å². The van der Waals surface area contributed by atoms with Gasteiger partial charge in [-0.3, -0.25) is 19.2 Å². The lowest BCUT2D eigenvalue weighted by Crippen LogP contribution is -2.75. The highest BCUT2D eigenvalue weighted by Gasteiger charge is 2.60. The highest BCUT2D eigenvalue weighted by atomic mass is 16.4. The number of carboxylic acid groups (broad SMARTS) is 1. The molecule has 2 bridgehead atoms. The molecule has 3 aromatic carbocycles. The number of hydrogen-bond acceptors (Lipinski definition) is 6. The number of quaternary nitrogens is 2. The van der Waals surface area contributed by atoms with E-state index in [1.807, 2.05) is 25.1 Å². The molecule has 11 heteroatoms. The number of β-lactam (4-membered cyclic amide) rings is 1. The van der Waals surface area contributed by atoms with Crippen LogP contribution in [0.2, 0.25) is 0 Å². The Morgan fingerprint density at radius 1 is 0.863 bits per heavy atom. The average Bonchev–Trinajstić information content (AvgIpc) is 3.52. The number of amides is 2. The second-order valence-electron chi connectivity index (χ2n) is 15.3. The standard InChI is InChI=1S/C40H40N4O7/c1-22-34(37(40(50)51)42-36(22)35(24(3)46)39(42)49)27-7-11-30-31(19-27)29-10-4-25(18-32(29)38(30)48)20-43-12-15-44(16-13-43,17-14-43)21-33(47)41-28-8-5-26(6-9-28)23(2)45/h4-11,18-19,22,24,35-36,46H,12-17,20-21H2,1-3H3/p+2/t22-,24+,35+,36+,43?,44?/m0/s1. The predicted molar refractivity (Wildman–Crippen MR) is 188 cm³/mol. The first-order valence-electron chi connectivity index (χ1n) is 17.7. The number of ketones is 2. The van der Waals surface area contributed by atoms with Crippen LogP contribution in [-0.4, -0.2) is 111 Å². The molecule has 4 atom stereocenters. The number of nitrogens with zero attached hydrogens (tertiary/aromatic N) is 3. The number of benzene rings is 3. The van der Waals surface area contributed by atoms with Crippen molar-refractivity contribution >= 4 is 40.6 Å². The third-order valence-electron chi connectivity index (χ3n) is 12.3. The van der Waals surface area contributed by atoms with Crippen molar-refractivity contribution in [1.29, 1.82) is 0 Å². The van der Waals surface area contributed by atoms with Crippen LogP contribution in [0.4, 0.5) is 5.69 Å². The molecule has 3 N–H and O–H groups in total. The van der Waals surface area contributed by atoms with Crippen LogP contribution in [0.5, 0.6) is 0 Å². The molecule has 262 valence electrons. The Morgan fingerprint density at radius 3 is 2.14 bits per heavy atom. The van der Waals surface area contributed by atoms with Gasteiger partial charge in [-0.1, -0.05) is 25.1 Å². The summed E-state index contributed by atoms with van der Waals surface area (Å²) in [7, 11) is 0. The number of hydrogen-bond donors (Lipinski definition) is 3. The molecule has 0 saturated carbocycles. The van der Waals surface area contributed by atoms with Gasteiger partial charge in [-0.15, -0.1) is 0 Å². The molecule has 4 saturated heterocycles. The van der Waals surface area contributed by atoms with Gasteiger partial charge in [0.05, 0.1) is 18.1 Å². The molecule has 4 fully saturated rings. The summed E-state index contributed by atoms with van der Waals surface area (Å²) in [6, 6.07) is 18.1. The Morgan fingerprint density at radius 2 is 1.51 bits per heavy atom. The summed E-state index contributed by atoms with van der Waals surface area (Å²) in [6.07, 6.45) is -0.882. The summed E-state index contributed by atoms with van der Waals surface area (Å²) >= 11 is 0. The molecule has 11 nitrogen and oxygen atoms in total. The fraction of sp³-hybridized carbons (Fsp3) is 0.375. The average molecular weight is 691 g/mol. The number of anilines is 1. The third-order valence-corrected chi connectivity index (χ3v) is 12.3. The second-order valence-corrected chi connectivity index (χ2v) is 15.3. The zero-order valence-corrected chi connectivity index (χ0v) is 29.0. The van der Waals surface area contributed by atoms with Crippen LogP contribution in [0.3, 0.4) is 0 Å². The Balaban J connectivity index is 0.972. The van der Waals surface area contributed by atoms with Gasteiger partial charge in [0.1, 0.15) is 51.5 Å². The second kappa shape index (κ2) is 11.8. The highest BCUT2D eigenvalue weighted by Crippen LogP contribution is 2.51. The van der Waals surface area contributed by atoms with Crippen LogP contribution in [-0.2, 0) is 20.9 Å². The fourth-order valence-electron chi connectivity index (χ4n) is 9.44. The van der Waals surface area contributed by atoms with Gasteiger partial charge in [-0.25, -0.2) is 4.79 Å². The van der Waals surface area contributed by atoms with E-state index in [9.17, 15) is 34.2 Å². The van der Waals surface area contributed by atoms with E-state index in [0.29, 0.717) is 40.1 Å². The van der Waals surface area contributed by atoms with E-state index in [1.54, 1.807) is 43.3 Å². The fourth-order valence-corrected chi connectivity index (χ4v) is 9.44. The molecule has 9 rings (SSSR count). The van der Waals surface area contributed by atoms with Crippen molar-refractivity contribution in [2.24, 2.45) is 11.8 Å². The van der Waals surface area contributed by atoms with E-state index in [2.05, 4.69) is 11.4 Å². The minimum absolute atomic E-state index is 0.0107. The SMILES string of the molecule is CC(=O)c1ccc(NC(=O)C[N+]23CC[N+](Cc4ccc5c(c4)C(=O)c4ccc(C6=C(C(=O)O)N7C(=O)[C@H]([C@@H](C)O)[C@H]7[C@H]6C)cc4-5)(CC2)CC3)cc1. The van der Waals surface area contributed by atoms with E-state index in [4.69, 9.17) is 0 Å². The maximum absolute atomic E-state index is 13.7. The lowest BCUT2D eigenvalue weighted by atomic mass is 9.76. The highest BCUT2D eigenvalue weighted by molar-refractivity contribution is 6.22. The molecule has 51 heavy (non-hydrogen) atoms. The van der Waals surface area contributed by atoms with Gasteiger partial charge in [0.2, 0.25) is 5.91 Å². The number of carbonyl (C=O) groups is 5. The minimum atomic E-state index is -1.18. The Hall–Kier alpha value is -4.97. The molecule has 0 radical (unpaired) electrons. The summed E-state index contributed by atoms with van der Waals surface area (Å²) in [5.41, 5.74) is 6.36. The maximum atomic E-state index is 13.7. The van der Waals surface area contributed by atoms with E-state index >= 15 is 0 Å². The quantitative estimate of drug-likeness (QED) is 0.139. The Bertz CT molecular complexity index is 2060. The Labute approximate surface area is 296 Å². The van der Waals surface area contributed by atoms with Crippen molar-refractivity contribution in [1.82, 2.24) is 4.90 Å². The van der Waals surface area contributed by atoms with Gasteiger partial charge >= 0.3 is 5.97 Å². The number of Topliss-reactive ketones (excluding diaryl/α,β-unsaturated/α-hetero) is 1. The van der Waals surface area contributed by atoms with Crippen LogP contribution in [0.1, 0.15) is 58.2 Å². The van der Waals surface area contributed by atoms with Crippen molar-refractivity contribution in [3.8, 4) is 11.1 Å². The maximum Gasteiger partial charge on any atom is 0.352 e. The first-order valence-corrected chi connectivity index (χ1v) is 17.7. The number of nitrogens with one attached hydrogen (secondary N) is 1. The zero-order chi connectivity index (χ0) is 36.0. The van der Waals surface area contributed by atoms with Crippen molar-refractivity contribution < 1.29 is 43.2 Å². The number of carbonyl (C=O) groups excluding carboxylic acids is 4. The number of aliphatic hydroxyl groups is 1. The molecule has 5 aliphatic heterocycles. The van der Waals surface area contributed by atoms with E-state index in [-0.39, 0.29) is 35.0 Å². The van der Waals surface area contributed by atoms with Crippen LogP contribution in [0.25, 0.3) is 16.7 Å². The van der Waals surface area contributed by atoms with E-state index in [0.717, 1.165) is 71.5 Å². The topological polar surface area (TPSA) is 141 Å². The number of aliphatic hydroxyl groups excluding tert-OH is 1. The number of aliphatic carboxylic acids is 1. The predicted octanol–water partition coefficient (Wildman–Crippen LogP) is 3.55. The largest absolute Gasteiger partial charge is 0.477 e. The lowest BCUT2D eigenvalue weighted by molar-refractivity contribution is -1.08. The van der Waals surface area contributed by atoms with Crippen LogP contribution >= 0.6 is 0 Å². The summed E-state index contributed by atoms with van der Waals surface area (Å²) in [4.78, 5) is 65.0. The van der Waals surface area contributed by atoms with Crippen LogP contribution in [0, 0.1) is 11.8 Å². The summed E-state index contributed by atoms with van der Waals surface area (Å²) in [5, 5.41) is 23.4. The van der Waals surface area contributed by atoms with Crippen molar-refractivity contribution in [3.63, 3.8) is 0 Å². The number of carboxylic acids is 1. The van der Waals surface area contributed by atoms with Gasteiger partial charge in [-0.05, 0) is 78.6 Å². The monoisotopic (exact) mass is 690 g/mol. The molecule has 1 aliphatic carbocycles. The lowest BCUT2D eigenvalue weighted by Gasteiger charge is -2.55. The number of fused-ring (bicyclic) bond motifs is 7. The molecule has 0 spiro atoms.